The molecular formula is C21H25N3O2. The number of fused-ring (bicyclic) bond motifs is 1. The van der Waals surface area contributed by atoms with Gasteiger partial charge in [0, 0.05) is 18.4 Å². The average molecular weight is 351 g/mol. The fourth-order valence-corrected chi connectivity index (χ4v) is 3.27. The first-order valence-electron chi connectivity index (χ1n) is 9.09. The zero-order valence-corrected chi connectivity index (χ0v) is 15.5. The largest absolute Gasteiger partial charge is 0.356 e. The number of aryl methyl sites for hydroxylation is 1. The molecule has 2 aromatic rings. The minimum atomic E-state index is -0.375. The van der Waals surface area contributed by atoms with E-state index in [1.165, 1.54) is 0 Å². The Morgan fingerprint density at radius 1 is 1.27 bits per heavy atom. The van der Waals surface area contributed by atoms with Crippen molar-refractivity contribution in [2.45, 2.75) is 39.7 Å². The highest BCUT2D eigenvalue weighted by Crippen LogP contribution is 2.38. The summed E-state index contributed by atoms with van der Waals surface area (Å²) >= 11 is 0. The zero-order valence-electron chi connectivity index (χ0n) is 15.5. The van der Waals surface area contributed by atoms with Crippen molar-refractivity contribution in [3.63, 3.8) is 0 Å². The number of rotatable bonds is 6. The van der Waals surface area contributed by atoms with Crippen LogP contribution in [0.2, 0.25) is 0 Å². The van der Waals surface area contributed by atoms with E-state index in [4.69, 9.17) is 0 Å². The van der Waals surface area contributed by atoms with Crippen molar-refractivity contribution in [2.24, 2.45) is 5.92 Å². The maximum atomic E-state index is 13.0. The molecule has 1 N–H and O–H groups in total. The lowest BCUT2D eigenvalue weighted by atomic mass is 10.1. The van der Waals surface area contributed by atoms with Gasteiger partial charge in [-0.15, -0.1) is 0 Å². The standard InChI is InChI=1S/C21H25N3O2/c1-14(2)9-11-22-19(25)13-18-20-17(8-5-10-23-20)21(26)24(18)16-7-4-6-15(3)12-16/h4-8,10,12,14,18H,9,11,13H2,1-3H3,(H,22,25)/t18-/m0/s1. The fourth-order valence-electron chi connectivity index (χ4n) is 3.27. The molecule has 0 fully saturated rings. The van der Waals surface area contributed by atoms with Crippen LogP contribution in [0.5, 0.6) is 0 Å². The number of nitrogens with zero attached hydrogens (tertiary/aromatic N) is 2. The summed E-state index contributed by atoms with van der Waals surface area (Å²) in [6.45, 7) is 6.89. The highest BCUT2D eigenvalue weighted by atomic mass is 16.2. The predicted molar refractivity (Wildman–Crippen MR) is 102 cm³/mol. The Hall–Kier alpha value is -2.69. The number of carbonyl (C=O) groups is 2. The van der Waals surface area contributed by atoms with Gasteiger partial charge in [0.05, 0.1) is 23.7 Å². The van der Waals surface area contributed by atoms with Gasteiger partial charge < -0.3 is 5.32 Å². The van der Waals surface area contributed by atoms with Gasteiger partial charge in [-0.2, -0.15) is 0 Å². The van der Waals surface area contributed by atoms with Crippen molar-refractivity contribution in [1.29, 1.82) is 0 Å². The number of carbonyl (C=O) groups excluding carboxylic acids is 2. The number of benzene rings is 1. The van der Waals surface area contributed by atoms with Crippen LogP contribution in [0, 0.1) is 12.8 Å². The van der Waals surface area contributed by atoms with E-state index in [9.17, 15) is 9.59 Å². The van der Waals surface area contributed by atoms with Crippen molar-refractivity contribution < 1.29 is 9.59 Å². The van der Waals surface area contributed by atoms with Gasteiger partial charge in [0.2, 0.25) is 5.91 Å². The Morgan fingerprint density at radius 2 is 2.08 bits per heavy atom. The Balaban J connectivity index is 1.86. The number of amides is 2. The van der Waals surface area contributed by atoms with Crippen LogP contribution >= 0.6 is 0 Å². The molecule has 0 bridgehead atoms. The first-order chi connectivity index (χ1) is 12.5. The van der Waals surface area contributed by atoms with Gasteiger partial charge in [-0.1, -0.05) is 26.0 Å². The molecule has 1 aliphatic heterocycles. The molecule has 2 heterocycles. The van der Waals surface area contributed by atoms with E-state index >= 15 is 0 Å². The number of aromatic nitrogens is 1. The Labute approximate surface area is 154 Å². The van der Waals surface area contributed by atoms with Crippen molar-refractivity contribution >= 4 is 17.5 Å². The van der Waals surface area contributed by atoms with E-state index in [-0.39, 0.29) is 24.3 Å². The van der Waals surface area contributed by atoms with Crippen LogP contribution in [0.25, 0.3) is 0 Å². The summed E-state index contributed by atoms with van der Waals surface area (Å²) in [6, 6.07) is 10.9. The summed E-state index contributed by atoms with van der Waals surface area (Å²) in [5, 5.41) is 2.97. The number of nitrogens with one attached hydrogen (secondary N) is 1. The van der Waals surface area contributed by atoms with Crippen LogP contribution in [0.15, 0.2) is 42.6 Å². The summed E-state index contributed by atoms with van der Waals surface area (Å²) in [7, 11) is 0. The maximum absolute atomic E-state index is 13.0. The second-order valence-electron chi connectivity index (χ2n) is 7.20. The molecule has 0 saturated heterocycles. The molecular weight excluding hydrogens is 326 g/mol. The van der Waals surface area contributed by atoms with Crippen molar-refractivity contribution in [3.05, 3.63) is 59.4 Å². The van der Waals surface area contributed by atoms with Gasteiger partial charge in [-0.3, -0.25) is 19.5 Å². The second-order valence-corrected chi connectivity index (χ2v) is 7.20. The molecule has 5 nitrogen and oxygen atoms in total. The third kappa shape index (κ3) is 3.77. The van der Waals surface area contributed by atoms with Crippen molar-refractivity contribution in [2.75, 3.05) is 11.4 Å². The highest BCUT2D eigenvalue weighted by molar-refractivity contribution is 6.11. The molecule has 1 atom stereocenters. The Bertz CT molecular complexity index is 816. The number of hydrogen-bond donors (Lipinski definition) is 1. The lowest BCUT2D eigenvalue weighted by molar-refractivity contribution is -0.121. The normalized spacial score (nSPS) is 16.1. The van der Waals surface area contributed by atoms with E-state index in [1.54, 1.807) is 23.2 Å². The molecule has 1 aliphatic rings. The molecule has 3 rings (SSSR count). The van der Waals surface area contributed by atoms with Crippen LogP contribution in [0.3, 0.4) is 0 Å². The van der Waals surface area contributed by atoms with E-state index < -0.39 is 0 Å². The summed E-state index contributed by atoms with van der Waals surface area (Å²) in [6.07, 6.45) is 2.82. The molecule has 0 unspecified atom stereocenters. The number of anilines is 1. The predicted octanol–water partition coefficient (Wildman–Crippen LogP) is 3.64. The molecule has 136 valence electrons. The minimum Gasteiger partial charge on any atom is -0.356 e. The number of pyridine rings is 1. The van der Waals surface area contributed by atoms with Crippen LogP contribution in [-0.4, -0.2) is 23.3 Å². The van der Waals surface area contributed by atoms with Gasteiger partial charge in [0.1, 0.15) is 0 Å². The monoisotopic (exact) mass is 351 g/mol. The smallest absolute Gasteiger partial charge is 0.260 e. The third-order valence-electron chi connectivity index (χ3n) is 4.62. The van der Waals surface area contributed by atoms with E-state index in [2.05, 4.69) is 24.1 Å². The highest BCUT2D eigenvalue weighted by Gasteiger charge is 2.39. The lowest BCUT2D eigenvalue weighted by Gasteiger charge is -2.25. The summed E-state index contributed by atoms with van der Waals surface area (Å²) < 4.78 is 0. The van der Waals surface area contributed by atoms with Gasteiger partial charge in [0.25, 0.3) is 5.91 Å². The topological polar surface area (TPSA) is 62.3 Å². The van der Waals surface area contributed by atoms with Crippen molar-refractivity contribution in [3.8, 4) is 0 Å². The first-order valence-corrected chi connectivity index (χ1v) is 9.09. The second kappa shape index (κ2) is 7.68. The lowest BCUT2D eigenvalue weighted by Crippen LogP contribution is -2.33. The van der Waals surface area contributed by atoms with Gasteiger partial charge in [-0.25, -0.2) is 0 Å². The third-order valence-corrected chi connectivity index (χ3v) is 4.62. The van der Waals surface area contributed by atoms with E-state index in [0.717, 1.165) is 17.7 Å². The molecule has 26 heavy (non-hydrogen) atoms. The van der Waals surface area contributed by atoms with Gasteiger partial charge in [0.15, 0.2) is 0 Å². The summed E-state index contributed by atoms with van der Waals surface area (Å²) in [4.78, 5) is 31.5. The van der Waals surface area contributed by atoms with Crippen LogP contribution < -0.4 is 10.2 Å². The fraction of sp³-hybridized carbons (Fsp3) is 0.381. The maximum Gasteiger partial charge on any atom is 0.260 e. The SMILES string of the molecule is Cc1cccc(N2C(=O)c3cccnc3[C@@H]2CC(=O)NCCC(C)C)c1. The van der Waals surface area contributed by atoms with Crippen LogP contribution in [0.1, 0.15) is 54.3 Å². The van der Waals surface area contributed by atoms with Crippen LogP contribution in [-0.2, 0) is 4.79 Å². The minimum absolute atomic E-state index is 0.0559. The zero-order chi connectivity index (χ0) is 18.7. The molecule has 0 aliphatic carbocycles. The number of hydrogen-bond acceptors (Lipinski definition) is 3. The summed E-state index contributed by atoms with van der Waals surface area (Å²) in [5.74, 6) is 0.382. The Morgan fingerprint density at radius 3 is 2.81 bits per heavy atom. The molecule has 5 heteroatoms. The van der Waals surface area contributed by atoms with Gasteiger partial charge >= 0.3 is 0 Å². The molecule has 0 radical (unpaired) electrons. The molecule has 0 spiro atoms. The summed E-state index contributed by atoms with van der Waals surface area (Å²) in [5.41, 5.74) is 3.12. The quantitative estimate of drug-likeness (QED) is 0.864. The molecule has 1 aromatic carbocycles. The van der Waals surface area contributed by atoms with E-state index in [0.29, 0.717) is 23.7 Å². The van der Waals surface area contributed by atoms with Crippen molar-refractivity contribution in [1.82, 2.24) is 10.3 Å². The first kappa shape index (κ1) is 18.1. The molecule has 2 amide bonds. The molecule has 0 saturated carbocycles. The molecule has 1 aromatic heterocycles. The van der Waals surface area contributed by atoms with E-state index in [1.807, 2.05) is 31.2 Å². The average Bonchev–Trinajstić information content (AvgIpc) is 2.87. The Kier molecular flexibility index (Phi) is 5.35. The van der Waals surface area contributed by atoms with Gasteiger partial charge in [-0.05, 0) is 49.1 Å². The van der Waals surface area contributed by atoms with Crippen LogP contribution in [0.4, 0.5) is 5.69 Å².